The third kappa shape index (κ3) is 2.03. The molecule has 2 aromatic rings. The molecular formula is C21H20N2O3. The minimum atomic E-state index is -0.680. The van der Waals surface area contributed by atoms with Crippen molar-refractivity contribution in [3.8, 4) is 0 Å². The van der Waals surface area contributed by atoms with Crippen molar-refractivity contribution in [3.63, 3.8) is 0 Å². The van der Waals surface area contributed by atoms with Gasteiger partial charge >= 0.3 is 5.97 Å². The fourth-order valence-electron chi connectivity index (χ4n) is 4.46. The number of carbonyl (C=O) groups excluding carboxylic acids is 2. The number of ether oxygens (including phenoxy) is 1. The normalized spacial score (nSPS) is 25.2. The van der Waals surface area contributed by atoms with Crippen molar-refractivity contribution >= 4 is 17.6 Å². The van der Waals surface area contributed by atoms with Gasteiger partial charge in [0.1, 0.15) is 0 Å². The Morgan fingerprint density at radius 2 is 1.77 bits per heavy atom. The third-order valence-corrected chi connectivity index (χ3v) is 6.07. The first-order chi connectivity index (χ1) is 12.5. The third-order valence-electron chi connectivity index (χ3n) is 6.07. The molecule has 2 aliphatic heterocycles. The van der Waals surface area contributed by atoms with Crippen molar-refractivity contribution < 1.29 is 14.3 Å². The van der Waals surface area contributed by atoms with Gasteiger partial charge in [0.2, 0.25) is 5.91 Å². The number of amides is 1. The van der Waals surface area contributed by atoms with E-state index in [1.807, 2.05) is 47.4 Å². The minimum absolute atomic E-state index is 0.138. The zero-order chi connectivity index (χ0) is 17.9. The van der Waals surface area contributed by atoms with Gasteiger partial charge in [0.25, 0.3) is 0 Å². The molecule has 0 bridgehead atoms. The highest BCUT2D eigenvalue weighted by Gasteiger charge is 2.57. The number of nitrogens with zero attached hydrogens (tertiary/aromatic N) is 1. The average molecular weight is 348 g/mol. The van der Waals surface area contributed by atoms with Crippen LogP contribution in [0.25, 0.3) is 0 Å². The van der Waals surface area contributed by atoms with E-state index in [9.17, 15) is 9.59 Å². The molecule has 5 heteroatoms. The first-order valence-corrected chi connectivity index (χ1v) is 9.02. The highest BCUT2D eigenvalue weighted by Crippen LogP contribution is 2.52. The number of nitrogens with two attached hydrogens (primary N) is 1. The lowest BCUT2D eigenvalue weighted by atomic mass is 9.91. The molecule has 0 unspecified atom stereocenters. The fraction of sp³-hybridized carbons (Fsp3) is 0.333. The molecule has 2 fully saturated rings. The molecule has 2 N–H and O–H groups in total. The number of hydrogen-bond donors (Lipinski definition) is 1. The monoisotopic (exact) mass is 348 g/mol. The van der Waals surface area contributed by atoms with E-state index in [0.717, 1.165) is 24.0 Å². The maximum Gasteiger partial charge on any atom is 0.339 e. The molecule has 2 aromatic carbocycles. The number of esters is 1. The lowest BCUT2D eigenvalue weighted by Gasteiger charge is -2.27. The number of benzene rings is 2. The van der Waals surface area contributed by atoms with Crippen LogP contribution in [0.15, 0.2) is 48.5 Å². The molecule has 0 radical (unpaired) electrons. The first kappa shape index (κ1) is 15.4. The second kappa shape index (κ2) is 5.10. The first-order valence-electron chi connectivity index (χ1n) is 9.02. The number of likely N-dealkylation sites (tertiary alicyclic amines) is 1. The summed E-state index contributed by atoms with van der Waals surface area (Å²) < 4.78 is 5.77. The molecule has 5 rings (SSSR count). The van der Waals surface area contributed by atoms with Crippen LogP contribution in [0.2, 0.25) is 0 Å². The van der Waals surface area contributed by atoms with Crippen molar-refractivity contribution in [2.75, 3.05) is 18.8 Å². The van der Waals surface area contributed by atoms with Crippen LogP contribution in [0, 0.1) is 0 Å². The van der Waals surface area contributed by atoms with Gasteiger partial charge in [-0.25, -0.2) is 4.79 Å². The lowest BCUT2D eigenvalue weighted by molar-refractivity contribution is -0.134. The van der Waals surface area contributed by atoms with Crippen LogP contribution < -0.4 is 5.73 Å². The number of hydrogen-bond acceptors (Lipinski definition) is 4. The molecule has 1 amide bonds. The van der Waals surface area contributed by atoms with Gasteiger partial charge in [-0.2, -0.15) is 0 Å². The van der Waals surface area contributed by atoms with Gasteiger partial charge < -0.3 is 15.4 Å². The zero-order valence-corrected chi connectivity index (χ0v) is 14.4. The maximum atomic E-state index is 13.3. The molecule has 1 atom stereocenters. The van der Waals surface area contributed by atoms with Crippen LogP contribution in [0.4, 0.5) is 5.69 Å². The van der Waals surface area contributed by atoms with Crippen molar-refractivity contribution in [2.24, 2.45) is 0 Å². The SMILES string of the molecule is Nc1ccc(C2(C(=O)N3CC[C@]4(C3)OC(=O)c3ccccc34)CC2)cc1. The molecule has 3 aliphatic rings. The van der Waals surface area contributed by atoms with E-state index in [1.165, 1.54) is 0 Å². The predicted octanol–water partition coefficient (Wildman–Crippen LogP) is 2.60. The highest BCUT2D eigenvalue weighted by molar-refractivity contribution is 5.96. The molecular weight excluding hydrogens is 328 g/mol. The van der Waals surface area contributed by atoms with Gasteiger partial charge in [0, 0.05) is 24.2 Å². The molecule has 1 saturated carbocycles. The molecule has 2 heterocycles. The largest absolute Gasteiger partial charge is 0.449 e. The molecule has 1 saturated heterocycles. The zero-order valence-electron chi connectivity index (χ0n) is 14.4. The summed E-state index contributed by atoms with van der Waals surface area (Å²) in [6, 6.07) is 15.1. The Morgan fingerprint density at radius 1 is 1.04 bits per heavy atom. The average Bonchev–Trinajstić information content (AvgIpc) is 3.28. The summed E-state index contributed by atoms with van der Waals surface area (Å²) in [5.74, 6) is -0.144. The second-order valence-electron chi connectivity index (χ2n) is 7.61. The summed E-state index contributed by atoms with van der Waals surface area (Å²) in [6.45, 7) is 1.04. The summed E-state index contributed by atoms with van der Waals surface area (Å²) in [4.78, 5) is 27.4. The van der Waals surface area contributed by atoms with Crippen LogP contribution in [-0.2, 0) is 20.5 Å². The summed E-state index contributed by atoms with van der Waals surface area (Å²) in [5.41, 5.74) is 7.94. The lowest BCUT2D eigenvalue weighted by Crippen LogP contribution is -2.40. The van der Waals surface area contributed by atoms with E-state index in [0.29, 0.717) is 30.8 Å². The predicted molar refractivity (Wildman–Crippen MR) is 96.5 cm³/mol. The van der Waals surface area contributed by atoms with Gasteiger partial charge in [0.15, 0.2) is 5.60 Å². The Hall–Kier alpha value is -2.82. The van der Waals surface area contributed by atoms with Crippen LogP contribution in [0.3, 0.4) is 0 Å². The van der Waals surface area contributed by atoms with E-state index < -0.39 is 11.0 Å². The Labute approximate surface area is 151 Å². The molecule has 0 aromatic heterocycles. The van der Waals surface area contributed by atoms with Gasteiger partial charge in [0.05, 0.1) is 17.5 Å². The Balaban J connectivity index is 1.43. The molecule has 132 valence electrons. The van der Waals surface area contributed by atoms with E-state index in [2.05, 4.69) is 0 Å². The van der Waals surface area contributed by atoms with E-state index in [-0.39, 0.29) is 11.9 Å². The van der Waals surface area contributed by atoms with Gasteiger partial charge in [-0.15, -0.1) is 0 Å². The van der Waals surface area contributed by atoms with Crippen molar-refractivity contribution in [1.82, 2.24) is 4.90 Å². The molecule has 5 nitrogen and oxygen atoms in total. The summed E-state index contributed by atoms with van der Waals surface area (Å²) in [6.07, 6.45) is 2.37. The maximum absolute atomic E-state index is 13.3. The number of rotatable bonds is 2. The fourth-order valence-corrected chi connectivity index (χ4v) is 4.46. The summed E-state index contributed by atoms with van der Waals surface area (Å²) in [5, 5.41) is 0. The van der Waals surface area contributed by atoms with Crippen LogP contribution in [0.1, 0.15) is 40.7 Å². The van der Waals surface area contributed by atoms with Gasteiger partial charge in [-0.3, -0.25) is 4.79 Å². The van der Waals surface area contributed by atoms with E-state index in [4.69, 9.17) is 10.5 Å². The highest BCUT2D eigenvalue weighted by atomic mass is 16.6. The van der Waals surface area contributed by atoms with Crippen molar-refractivity contribution in [2.45, 2.75) is 30.3 Å². The Kier molecular flexibility index (Phi) is 3.03. The summed E-state index contributed by atoms with van der Waals surface area (Å²) in [7, 11) is 0. The van der Waals surface area contributed by atoms with Crippen LogP contribution >= 0.6 is 0 Å². The molecule has 1 spiro atoms. The van der Waals surface area contributed by atoms with Crippen LogP contribution in [0.5, 0.6) is 0 Å². The Morgan fingerprint density at radius 3 is 2.50 bits per heavy atom. The van der Waals surface area contributed by atoms with E-state index in [1.54, 1.807) is 6.07 Å². The smallest absolute Gasteiger partial charge is 0.339 e. The van der Waals surface area contributed by atoms with Gasteiger partial charge in [-0.05, 0) is 36.6 Å². The van der Waals surface area contributed by atoms with Crippen molar-refractivity contribution in [1.29, 1.82) is 0 Å². The van der Waals surface area contributed by atoms with E-state index >= 15 is 0 Å². The number of anilines is 1. The number of carbonyl (C=O) groups is 2. The topological polar surface area (TPSA) is 72.6 Å². The molecule has 1 aliphatic carbocycles. The molecule has 26 heavy (non-hydrogen) atoms. The minimum Gasteiger partial charge on any atom is -0.449 e. The Bertz CT molecular complexity index is 917. The van der Waals surface area contributed by atoms with Crippen molar-refractivity contribution in [3.05, 3.63) is 65.2 Å². The second-order valence-corrected chi connectivity index (χ2v) is 7.61. The number of nitrogen functional groups attached to an aromatic ring is 1. The van der Waals surface area contributed by atoms with Gasteiger partial charge in [-0.1, -0.05) is 30.3 Å². The quantitative estimate of drug-likeness (QED) is 0.669. The standard InChI is InChI=1S/C21H20N2O3/c22-15-7-5-14(6-8-15)20(9-10-20)19(25)23-12-11-21(13-23)17-4-2-1-3-16(17)18(24)26-21/h1-8H,9-13,22H2/t21-/m1/s1. The van der Waals surface area contributed by atoms with Crippen LogP contribution in [-0.4, -0.2) is 29.9 Å². The number of fused-ring (bicyclic) bond motifs is 2. The summed E-state index contributed by atoms with van der Waals surface area (Å²) >= 11 is 0.